The second kappa shape index (κ2) is 4.83. The number of fused-ring (bicyclic) bond motifs is 1. The lowest BCUT2D eigenvalue weighted by atomic mass is 10.3. The van der Waals surface area contributed by atoms with Gasteiger partial charge < -0.3 is 14.6 Å². The number of hydrogen-bond donors (Lipinski definition) is 1. The molecule has 92 valence electrons. The predicted octanol–water partition coefficient (Wildman–Crippen LogP) is 1.97. The minimum atomic E-state index is 0.585. The SMILES string of the molecule is NCCc1c(Sc2ncco2)nc2ccccn12. The topological polar surface area (TPSA) is 69.3 Å². The van der Waals surface area contributed by atoms with E-state index >= 15 is 0 Å². The predicted molar refractivity (Wildman–Crippen MR) is 68.6 cm³/mol. The van der Waals surface area contributed by atoms with Crippen LogP contribution in [0.15, 0.2) is 51.5 Å². The van der Waals surface area contributed by atoms with Crippen molar-refractivity contribution in [3.8, 4) is 0 Å². The summed E-state index contributed by atoms with van der Waals surface area (Å²) in [6, 6.07) is 5.92. The van der Waals surface area contributed by atoms with Gasteiger partial charge in [-0.1, -0.05) is 6.07 Å². The van der Waals surface area contributed by atoms with Crippen LogP contribution in [0, 0.1) is 0 Å². The molecule has 0 saturated heterocycles. The molecule has 0 aliphatic rings. The van der Waals surface area contributed by atoms with Crippen LogP contribution in [0.1, 0.15) is 5.69 Å². The zero-order valence-electron chi connectivity index (χ0n) is 9.61. The van der Waals surface area contributed by atoms with Crippen LogP contribution in [0.3, 0.4) is 0 Å². The minimum absolute atomic E-state index is 0.585. The third-order valence-electron chi connectivity index (χ3n) is 2.57. The van der Waals surface area contributed by atoms with E-state index in [1.807, 2.05) is 24.4 Å². The smallest absolute Gasteiger partial charge is 0.262 e. The van der Waals surface area contributed by atoms with Crippen molar-refractivity contribution < 1.29 is 4.42 Å². The first-order valence-electron chi connectivity index (χ1n) is 5.62. The first kappa shape index (κ1) is 11.3. The summed E-state index contributed by atoms with van der Waals surface area (Å²) >= 11 is 1.42. The molecule has 0 aliphatic heterocycles. The van der Waals surface area contributed by atoms with Gasteiger partial charge >= 0.3 is 0 Å². The van der Waals surface area contributed by atoms with Gasteiger partial charge in [-0.3, -0.25) is 0 Å². The molecular weight excluding hydrogens is 248 g/mol. The van der Waals surface area contributed by atoms with E-state index in [4.69, 9.17) is 10.2 Å². The van der Waals surface area contributed by atoms with Crippen molar-refractivity contribution in [3.05, 3.63) is 42.5 Å². The van der Waals surface area contributed by atoms with E-state index < -0.39 is 0 Å². The van der Waals surface area contributed by atoms with Gasteiger partial charge in [0.1, 0.15) is 16.9 Å². The first-order valence-corrected chi connectivity index (χ1v) is 6.43. The lowest BCUT2D eigenvalue weighted by Crippen LogP contribution is -2.05. The molecule has 18 heavy (non-hydrogen) atoms. The summed E-state index contributed by atoms with van der Waals surface area (Å²) in [5.74, 6) is 0. The van der Waals surface area contributed by atoms with Crippen LogP contribution in [0.5, 0.6) is 0 Å². The Labute approximate surface area is 108 Å². The Morgan fingerprint density at radius 3 is 3.11 bits per heavy atom. The Hall–Kier alpha value is -1.79. The highest BCUT2D eigenvalue weighted by molar-refractivity contribution is 7.99. The summed E-state index contributed by atoms with van der Waals surface area (Å²) in [5.41, 5.74) is 7.67. The van der Waals surface area contributed by atoms with Crippen molar-refractivity contribution in [2.75, 3.05) is 6.54 Å². The second-order valence-corrected chi connectivity index (χ2v) is 4.67. The van der Waals surface area contributed by atoms with E-state index in [0.29, 0.717) is 11.8 Å². The number of rotatable bonds is 4. The zero-order valence-corrected chi connectivity index (χ0v) is 10.4. The molecule has 6 heteroatoms. The lowest BCUT2D eigenvalue weighted by Gasteiger charge is -2.01. The molecule has 0 unspecified atom stereocenters. The summed E-state index contributed by atoms with van der Waals surface area (Å²) in [6.07, 6.45) is 5.95. The summed E-state index contributed by atoms with van der Waals surface area (Å²) in [7, 11) is 0. The quantitative estimate of drug-likeness (QED) is 0.776. The molecule has 3 aromatic rings. The van der Waals surface area contributed by atoms with E-state index in [1.54, 1.807) is 12.5 Å². The number of hydrogen-bond acceptors (Lipinski definition) is 5. The summed E-state index contributed by atoms with van der Waals surface area (Å²) in [4.78, 5) is 8.68. The summed E-state index contributed by atoms with van der Waals surface area (Å²) < 4.78 is 7.29. The average Bonchev–Trinajstić information content (AvgIpc) is 3.00. The number of oxazole rings is 1. The van der Waals surface area contributed by atoms with Crippen molar-refractivity contribution in [2.24, 2.45) is 5.73 Å². The monoisotopic (exact) mass is 260 g/mol. The number of aromatic nitrogens is 3. The molecule has 3 rings (SSSR count). The average molecular weight is 260 g/mol. The van der Waals surface area contributed by atoms with Crippen LogP contribution in [0.2, 0.25) is 0 Å². The maximum absolute atomic E-state index is 5.66. The van der Waals surface area contributed by atoms with E-state index in [2.05, 4.69) is 14.4 Å². The molecule has 0 bridgehead atoms. The van der Waals surface area contributed by atoms with Gasteiger partial charge in [0.25, 0.3) is 5.22 Å². The molecule has 0 radical (unpaired) electrons. The molecule has 3 aromatic heterocycles. The van der Waals surface area contributed by atoms with Gasteiger partial charge in [0.05, 0.1) is 11.9 Å². The molecule has 0 atom stereocenters. The van der Waals surface area contributed by atoms with Crippen LogP contribution in [-0.4, -0.2) is 20.9 Å². The fourth-order valence-electron chi connectivity index (χ4n) is 1.81. The molecule has 5 nitrogen and oxygen atoms in total. The number of pyridine rings is 1. The van der Waals surface area contributed by atoms with Crippen molar-refractivity contribution in [3.63, 3.8) is 0 Å². The Kier molecular flexibility index (Phi) is 3.04. The Morgan fingerprint density at radius 2 is 2.33 bits per heavy atom. The highest BCUT2D eigenvalue weighted by Crippen LogP contribution is 2.29. The van der Waals surface area contributed by atoms with Crippen LogP contribution in [-0.2, 0) is 6.42 Å². The standard InChI is InChI=1S/C12H12N4OS/c13-5-4-9-11(18-12-14-6-8-17-12)15-10-3-1-2-7-16(9)10/h1-3,6-8H,4-5,13H2. The zero-order chi connectivity index (χ0) is 12.4. The number of imidazole rings is 1. The van der Waals surface area contributed by atoms with Gasteiger partial charge in [-0.25, -0.2) is 9.97 Å². The summed E-state index contributed by atoms with van der Waals surface area (Å²) in [6.45, 7) is 0.585. The van der Waals surface area contributed by atoms with E-state index in [0.717, 1.165) is 22.8 Å². The first-order chi connectivity index (χ1) is 8.88. The third kappa shape index (κ3) is 2.00. The van der Waals surface area contributed by atoms with E-state index in [-0.39, 0.29) is 0 Å². The second-order valence-electron chi connectivity index (χ2n) is 3.73. The van der Waals surface area contributed by atoms with E-state index in [9.17, 15) is 0 Å². The van der Waals surface area contributed by atoms with Crippen molar-refractivity contribution in [2.45, 2.75) is 16.7 Å². The van der Waals surface area contributed by atoms with Crippen LogP contribution in [0.4, 0.5) is 0 Å². The Balaban J connectivity index is 2.06. The molecule has 0 amide bonds. The third-order valence-corrected chi connectivity index (χ3v) is 3.46. The van der Waals surface area contributed by atoms with Gasteiger partial charge in [-0.15, -0.1) is 0 Å². The van der Waals surface area contributed by atoms with Crippen LogP contribution >= 0.6 is 11.8 Å². The molecule has 3 heterocycles. The largest absolute Gasteiger partial charge is 0.440 e. The van der Waals surface area contributed by atoms with Crippen molar-refractivity contribution in [1.82, 2.24) is 14.4 Å². The van der Waals surface area contributed by atoms with Gasteiger partial charge in [-0.2, -0.15) is 0 Å². The van der Waals surface area contributed by atoms with Crippen molar-refractivity contribution >= 4 is 17.4 Å². The Morgan fingerprint density at radius 1 is 1.39 bits per heavy atom. The van der Waals surface area contributed by atoms with Crippen molar-refractivity contribution in [1.29, 1.82) is 0 Å². The maximum atomic E-state index is 5.66. The fourth-order valence-corrected chi connectivity index (χ4v) is 2.65. The van der Waals surface area contributed by atoms with Crippen LogP contribution in [0.25, 0.3) is 5.65 Å². The van der Waals surface area contributed by atoms with Gasteiger partial charge in [0.15, 0.2) is 0 Å². The highest BCUT2D eigenvalue weighted by Gasteiger charge is 2.14. The molecule has 0 saturated carbocycles. The maximum Gasteiger partial charge on any atom is 0.262 e. The molecule has 0 aliphatic carbocycles. The lowest BCUT2D eigenvalue weighted by molar-refractivity contribution is 0.454. The van der Waals surface area contributed by atoms with Crippen LogP contribution < -0.4 is 5.73 Å². The van der Waals surface area contributed by atoms with Gasteiger partial charge in [0, 0.05) is 12.6 Å². The van der Waals surface area contributed by atoms with Gasteiger partial charge in [0.2, 0.25) is 0 Å². The number of nitrogens with zero attached hydrogens (tertiary/aromatic N) is 3. The minimum Gasteiger partial charge on any atom is -0.440 e. The molecule has 0 spiro atoms. The van der Waals surface area contributed by atoms with Gasteiger partial charge in [-0.05, 0) is 30.4 Å². The fraction of sp³-hybridized carbons (Fsp3) is 0.167. The number of nitrogens with two attached hydrogens (primary N) is 1. The van der Waals surface area contributed by atoms with E-state index in [1.165, 1.54) is 11.8 Å². The normalized spacial score (nSPS) is 11.2. The molecular formula is C12H12N4OS. The molecule has 2 N–H and O–H groups in total. The molecule has 0 aromatic carbocycles. The molecule has 0 fully saturated rings. The summed E-state index contributed by atoms with van der Waals surface area (Å²) in [5, 5.41) is 1.49. The Bertz CT molecular complexity index is 647. The highest BCUT2D eigenvalue weighted by atomic mass is 32.2.